The third-order valence-electron chi connectivity index (χ3n) is 3.10. The highest BCUT2D eigenvalue weighted by atomic mass is 16.5. The molecule has 0 spiro atoms. The van der Waals surface area contributed by atoms with E-state index in [1.165, 1.54) is 11.1 Å². The lowest BCUT2D eigenvalue weighted by Crippen LogP contribution is -2.39. The van der Waals surface area contributed by atoms with Gasteiger partial charge in [-0.1, -0.05) is 38.1 Å². The molecule has 0 radical (unpaired) electrons. The van der Waals surface area contributed by atoms with Crippen molar-refractivity contribution in [3.63, 3.8) is 0 Å². The largest absolute Gasteiger partial charge is 0.370 e. The van der Waals surface area contributed by atoms with Crippen molar-refractivity contribution in [1.29, 1.82) is 0 Å². The molecule has 0 amide bonds. The molecule has 0 saturated carbocycles. The van der Waals surface area contributed by atoms with E-state index in [9.17, 15) is 0 Å². The minimum atomic E-state index is -0.133. The maximum absolute atomic E-state index is 5.91. The summed E-state index contributed by atoms with van der Waals surface area (Å²) in [5.41, 5.74) is 2.77. The Balaban J connectivity index is 2.61. The normalized spacial score (nSPS) is 22.9. The first kappa shape index (κ1) is 9.72. The van der Waals surface area contributed by atoms with E-state index in [2.05, 4.69) is 52.0 Å². The number of hydrogen-bond acceptors (Lipinski definition) is 1. The highest BCUT2D eigenvalue weighted by molar-refractivity contribution is 5.38. The fourth-order valence-corrected chi connectivity index (χ4v) is 2.11. The maximum atomic E-state index is 5.91. The Kier molecular flexibility index (Phi) is 1.97. The van der Waals surface area contributed by atoms with Crippen LogP contribution in [0.15, 0.2) is 24.3 Å². The van der Waals surface area contributed by atoms with Crippen LogP contribution in [0.2, 0.25) is 0 Å². The molecule has 0 N–H and O–H groups in total. The lowest BCUT2D eigenvalue weighted by molar-refractivity contribution is -0.0587. The predicted octanol–water partition coefficient (Wildman–Crippen LogP) is 3.23. The zero-order chi connectivity index (χ0) is 10.4. The van der Waals surface area contributed by atoms with Gasteiger partial charge in [0.15, 0.2) is 0 Å². The van der Waals surface area contributed by atoms with Crippen LogP contribution in [0.4, 0.5) is 0 Å². The molecular weight excluding hydrogens is 172 g/mol. The van der Waals surface area contributed by atoms with Gasteiger partial charge in [-0.3, -0.25) is 0 Å². The van der Waals surface area contributed by atoms with E-state index in [4.69, 9.17) is 4.74 Å². The third kappa shape index (κ3) is 1.36. The van der Waals surface area contributed by atoms with Crippen molar-refractivity contribution in [2.75, 3.05) is 6.61 Å². The summed E-state index contributed by atoms with van der Waals surface area (Å²) < 4.78 is 5.91. The van der Waals surface area contributed by atoms with Gasteiger partial charge in [0.2, 0.25) is 0 Å². The minimum absolute atomic E-state index is 0.133. The third-order valence-corrected chi connectivity index (χ3v) is 3.10. The summed E-state index contributed by atoms with van der Waals surface area (Å²) in [7, 11) is 0. The van der Waals surface area contributed by atoms with Crippen LogP contribution in [-0.2, 0) is 15.8 Å². The quantitative estimate of drug-likeness (QED) is 0.610. The summed E-state index contributed by atoms with van der Waals surface area (Å²) in [5.74, 6) is 0. The highest BCUT2D eigenvalue weighted by Crippen LogP contribution is 2.40. The molecule has 76 valence electrons. The van der Waals surface area contributed by atoms with Crippen molar-refractivity contribution in [2.45, 2.75) is 38.7 Å². The molecule has 0 saturated heterocycles. The Bertz CT molecular complexity index is 315. The second-order valence-corrected chi connectivity index (χ2v) is 5.23. The molecule has 0 aliphatic carbocycles. The zero-order valence-corrected chi connectivity index (χ0v) is 9.42. The average Bonchev–Trinajstić information content (AvgIpc) is 2.14. The Morgan fingerprint density at radius 2 is 1.57 bits per heavy atom. The molecule has 2 rings (SSSR count). The Morgan fingerprint density at radius 3 is 2.14 bits per heavy atom. The Labute approximate surface area is 86.1 Å². The van der Waals surface area contributed by atoms with Crippen molar-refractivity contribution >= 4 is 0 Å². The lowest BCUT2D eigenvalue weighted by atomic mass is 9.76. The minimum Gasteiger partial charge on any atom is -0.370 e. The molecule has 1 aliphatic rings. The molecule has 1 aliphatic heterocycles. The fourth-order valence-electron chi connectivity index (χ4n) is 2.11. The van der Waals surface area contributed by atoms with Gasteiger partial charge in [0, 0.05) is 5.41 Å². The second kappa shape index (κ2) is 2.83. The van der Waals surface area contributed by atoms with Gasteiger partial charge >= 0.3 is 0 Å². The van der Waals surface area contributed by atoms with Crippen LogP contribution < -0.4 is 0 Å². The van der Waals surface area contributed by atoms with E-state index >= 15 is 0 Å². The van der Waals surface area contributed by atoms with E-state index in [-0.39, 0.29) is 11.0 Å². The molecule has 0 atom stereocenters. The summed E-state index contributed by atoms with van der Waals surface area (Å²) in [6.07, 6.45) is 0. The number of ether oxygens (including phenoxy) is 1. The molecule has 0 unspecified atom stereocenters. The lowest BCUT2D eigenvalue weighted by Gasteiger charge is -2.41. The van der Waals surface area contributed by atoms with Crippen molar-refractivity contribution < 1.29 is 4.74 Å². The topological polar surface area (TPSA) is 9.23 Å². The van der Waals surface area contributed by atoms with Crippen LogP contribution in [0.1, 0.15) is 38.8 Å². The average molecular weight is 190 g/mol. The smallest absolute Gasteiger partial charge is 0.0878 e. The summed E-state index contributed by atoms with van der Waals surface area (Å²) in [6, 6.07) is 8.60. The molecule has 1 nitrogen and oxygen atoms in total. The van der Waals surface area contributed by atoms with Gasteiger partial charge in [0.05, 0.1) is 12.2 Å². The number of rotatable bonds is 0. The molecule has 0 fully saturated rings. The first-order valence-corrected chi connectivity index (χ1v) is 5.17. The SMILES string of the molecule is CC1(C)COC(C)(C)c2ccccc21. The molecule has 1 heterocycles. The Hall–Kier alpha value is -0.820. The number of fused-ring (bicyclic) bond motifs is 1. The van der Waals surface area contributed by atoms with Crippen molar-refractivity contribution in [2.24, 2.45) is 0 Å². The molecule has 1 heteroatoms. The van der Waals surface area contributed by atoms with Gasteiger partial charge in [-0.05, 0) is 25.0 Å². The molecule has 0 aromatic heterocycles. The summed E-state index contributed by atoms with van der Waals surface area (Å²) in [6.45, 7) is 9.56. The van der Waals surface area contributed by atoms with Gasteiger partial charge in [-0.25, -0.2) is 0 Å². The van der Waals surface area contributed by atoms with Crippen molar-refractivity contribution in [1.82, 2.24) is 0 Å². The standard InChI is InChI=1S/C13H18O/c1-12(2)9-14-13(3,4)11-8-6-5-7-10(11)12/h5-8H,9H2,1-4H3. The van der Waals surface area contributed by atoms with Gasteiger partial charge in [-0.2, -0.15) is 0 Å². The second-order valence-electron chi connectivity index (χ2n) is 5.23. The van der Waals surface area contributed by atoms with Crippen LogP contribution in [-0.4, -0.2) is 6.61 Å². The molecule has 14 heavy (non-hydrogen) atoms. The molecule has 1 aromatic carbocycles. The van der Waals surface area contributed by atoms with Crippen molar-refractivity contribution in [3.8, 4) is 0 Å². The number of benzene rings is 1. The summed E-state index contributed by atoms with van der Waals surface area (Å²) >= 11 is 0. The highest BCUT2D eigenvalue weighted by Gasteiger charge is 2.37. The van der Waals surface area contributed by atoms with Gasteiger partial charge in [-0.15, -0.1) is 0 Å². The van der Waals surface area contributed by atoms with Crippen LogP contribution >= 0.6 is 0 Å². The first-order chi connectivity index (χ1) is 6.43. The summed E-state index contributed by atoms with van der Waals surface area (Å²) in [4.78, 5) is 0. The van der Waals surface area contributed by atoms with E-state index in [0.717, 1.165) is 6.61 Å². The predicted molar refractivity (Wildman–Crippen MR) is 58.4 cm³/mol. The van der Waals surface area contributed by atoms with Crippen LogP contribution in [0.3, 0.4) is 0 Å². The van der Waals surface area contributed by atoms with Crippen molar-refractivity contribution in [3.05, 3.63) is 35.4 Å². The molecule has 0 bridgehead atoms. The first-order valence-electron chi connectivity index (χ1n) is 5.17. The van der Waals surface area contributed by atoms with Gasteiger partial charge < -0.3 is 4.74 Å². The van der Waals surface area contributed by atoms with E-state index in [1.807, 2.05) is 0 Å². The zero-order valence-electron chi connectivity index (χ0n) is 9.42. The number of hydrogen-bond donors (Lipinski definition) is 0. The van der Waals surface area contributed by atoms with Crippen LogP contribution in [0.5, 0.6) is 0 Å². The molecular formula is C13H18O. The van der Waals surface area contributed by atoms with Gasteiger partial charge in [0.25, 0.3) is 0 Å². The molecule has 1 aromatic rings. The maximum Gasteiger partial charge on any atom is 0.0878 e. The van der Waals surface area contributed by atoms with Crippen LogP contribution in [0, 0.1) is 0 Å². The monoisotopic (exact) mass is 190 g/mol. The Morgan fingerprint density at radius 1 is 1.00 bits per heavy atom. The van der Waals surface area contributed by atoms with Crippen LogP contribution in [0.25, 0.3) is 0 Å². The summed E-state index contributed by atoms with van der Waals surface area (Å²) in [5, 5.41) is 0. The van der Waals surface area contributed by atoms with E-state index in [1.54, 1.807) is 0 Å². The fraction of sp³-hybridized carbons (Fsp3) is 0.538. The van der Waals surface area contributed by atoms with E-state index < -0.39 is 0 Å². The van der Waals surface area contributed by atoms with E-state index in [0.29, 0.717) is 0 Å². The van der Waals surface area contributed by atoms with Gasteiger partial charge in [0.1, 0.15) is 0 Å².